The van der Waals surface area contributed by atoms with Crippen LogP contribution < -0.4 is 5.32 Å². The van der Waals surface area contributed by atoms with Crippen LogP contribution in [0.25, 0.3) is 11.1 Å². The fourth-order valence-corrected chi connectivity index (χ4v) is 4.15. The molecule has 1 fully saturated rings. The van der Waals surface area contributed by atoms with E-state index in [9.17, 15) is 18.0 Å². The topological polar surface area (TPSA) is 67.8 Å². The quantitative estimate of drug-likeness (QED) is 0.499. The van der Waals surface area contributed by atoms with Crippen LogP contribution in [0.1, 0.15) is 73.2 Å². The summed E-state index contributed by atoms with van der Waals surface area (Å²) in [5.41, 5.74) is 0.903. The van der Waals surface area contributed by atoms with Gasteiger partial charge in [-0.2, -0.15) is 0 Å². The van der Waals surface area contributed by atoms with Gasteiger partial charge in [0.2, 0.25) is 0 Å². The van der Waals surface area contributed by atoms with Crippen molar-refractivity contribution < 1.29 is 18.0 Å². The normalized spacial score (nSPS) is 18.4. The molecule has 0 aliphatic heterocycles. The molecule has 5 nitrogen and oxygen atoms in total. The van der Waals surface area contributed by atoms with Gasteiger partial charge in [-0.3, -0.25) is 9.78 Å². The van der Waals surface area contributed by atoms with Gasteiger partial charge in [-0.1, -0.05) is 26.7 Å². The van der Waals surface area contributed by atoms with Crippen LogP contribution in [0.3, 0.4) is 0 Å². The molecule has 1 aliphatic carbocycles. The first-order chi connectivity index (χ1) is 15.8. The van der Waals surface area contributed by atoms with Gasteiger partial charge in [-0.25, -0.2) is 23.1 Å². The number of nitrogens with one attached hydrogen (secondary N) is 1. The number of hydrogen-bond donors (Lipinski definition) is 1. The van der Waals surface area contributed by atoms with Crippen molar-refractivity contribution in [3.8, 4) is 11.1 Å². The number of aromatic nitrogens is 3. The van der Waals surface area contributed by atoms with E-state index in [1.54, 1.807) is 0 Å². The molecule has 8 heteroatoms. The van der Waals surface area contributed by atoms with Gasteiger partial charge in [0.15, 0.2) is 0 Å². The van der Waals surface area contributed by atoms with Crippen molar-refractivity contribution in [1.29, 1.82) is 0 Å². The molecule has 1 amide bonds. The van der Waals surface area contributed by atoms with Gasteiger partial charge in [-0.15, -0.1) is 0 Å². The standard InChI is InChI=1S/C25H25F3N4O/c1-14(2)24-30-12-15(13-31-24)25(33)32-23-17(19-11-16(26)7-8-21(19)28)9-10-29-22(23)18-5-3-4-6-20(18)27/h7-14,18,20H,3-6H2,1-2H3,(H,32,33). The summed E-state index contributed by atoms with van der Waals surface area (Å²) in [6, 6.07) is 4.59. The van der Waals surface area contributed by atoms with Gasteiger partial charge >= 0.3 is 0 Å². The maximum Gasteiger partial charge on any atom is 0.258 e. The largest absolute Gasteiger partial charge is 0.320 e. The highest BCUT2D eigenvalue weighted by atomic mass is 19.1. The molecule has 2 unspecified atom stereocenters. The lowest BCUT2D eigenvalue weighted by atomic mass is 9.83. The number of rotatable bonds is 5. The van der Waals surface area contributed by atoms with Gasteiger partial charge < -0.3 is 5.32 Å². The third kappa shape index (κ3) is 4.89. The molecule has 0 saturated heterocycles. The number of benzene rings is 1. The molecule has 172 valence electrons. The second kappa shape index (κ2) is 9.68. The lowest BCUT2D eigenvalue weighted by Gasteiger charge is -2.28. The minimum atomic E-state index is -1.14. The van der Waals surface area contributed by atoms with Crippen LogP contribution >= 0.6 is 0 Å². The van der Waals surface area contributed by atoms with E-state index < -0.39 is 29.6 Å². The molecule has 4 rings (SSSR count). The number of pyridine rings is 1. The van der Waals surface area contributed by atoms with Crippen LogP contribution in [0.4, 0.5) is 18.9 Å². The maximum absolute atomic E-state index is 14.9. The Morgan fingerprint density at radius 3 is 2.45 bits per heavy atom. The third-order valence-electron chi connectivity index (χ3n) is 5.92. The van der Waals surface area contributed by atoms with Gasteiger partial charge in [-0.05, 0) is 37.1 Å². The smallest absolute Gasteiger partial charge is 0.258 e. The van der Waals surface area contributed by atoms with E-state index >= 15 is 0 Å². The number of halogens is 3. The molecule has 1 aliphatic rings. The zero-order chi connectivity index (χ0) is 23.5. The SMILES string of the molecule is CC(C)c1ncc(C(=O)Nc2c(-c3cc(F)ccc3F)ccnc2C2CCCCC2F)cn1. The summed E-state index contributed by atoms with van der Waals surface area (Å²) in [5, 5.41) is 2.77. The van der Waals surface area contributed by atoms with Crippen LogP contribution in [0, 0.1) is 11.6 Å². The van der Waals surface area contributed by atoms with Crippen LogP contribution in [-0.4, -0.2) is 27.0 Å². The molecule has 2 atom stereocenters. The monoisotopic (exact) mass is 454 g/mol. The van der Waals surface area contributed by atoms with Crippen molar-refractivity contribution in [2.24, 2.45) is 0 Å². The molecule has 1 aromatic carbocycles. The molecule has 33 heavy (non-hydrogen) atoms. The zero-order valence-corrected chi connectivity index (χ0v) is 18.5. The van der Waals surface area contributed by atoms with E-state index in [0.29, 0.717) is 24.4 Å². The Kier molecular flexibility index (Phi) is 6.72. The second-order valence-corrected chi connectivity index (χ2v) is 8.59. The fourth-order valence-electron chi connectivity index (χ4n) is 4.15. The van der Waals surface area contributed by atoms with Crippen molar-refractivity contribution >= 4 is 11.6 Å². The molecular formula is C25H25F3N4O. The van der Waals surface area contributed by atoms with Crippen LogP contribution in [0.2, 0.25) is 0 Å². The van der Waals surface area contributed by atoms with Crippen LogP contribution in [0.5, 0.6) is 0 Å². The average molecular weight is 454 g/mol. The molecule has 1 N–H and O–H groups in total. The highest BCUT2D eigenvalue weighted by Crippen LogP contribution is 2.41. The molecular weight excluding hydrogens is 429 g/mol. The highest BCUT2D eigenvalue weighted by molar-refractivity contribution is 6.06. The van der Waals surface area contributed by atoms with Gasteiger partial charge in [0.1, 0.15) is 23.6 Å². The first kappa shape index (κ1) is 22.9. The van der Waals surface area contributed by atoms with Crippen LogP contribution in [0.15, 0.2) is 42.9 Å². The number of alkyl halides is 1. The van der Waals surface area contributed by atoms with Gasteiger partial charge in [0.25, 0.3) is 5.91 Å². The predicted octanol–water partition coefficient (Wildman–Crippen LogP) is 6.19. The van der Waals surface area contributed by atoms with Crippen molar-refractivity contribution in [2.45, 2.75) is 57.5 Å². The number of hydrogen-bond acceptors (Lipinski definition) is 4. The van der Waals surface area contributed by atoms with Crippen molar-refractivity contribution in [2.75, 3.05) is 5.32 Å². The third-order valence-corrected chi connectivity index (χ3v) is 5.92. The van der Waals surface area contributed by atoms with E-state index in [2.05, 4.69) is 20.3 Å². The number of anilines is 1. The highest BCUT2D eigenvalue weighted by Gasteiger charge is 2.31. The molecule has 0 bridgehead atoms. The summed E-state index contributed by atoms with van der Waals surface area (Å²) in [4.78, 5) is 25.9. The number of carbonyl (C=O) groups is 1. The Bertz CT molecular complexity index is 1150. The van der Waals surface area contributed by atoms with E-state index in [1.165, 1.54) is 24.7 Å². The Labute approximate surface area is 190 Å². The number of carbonyl (C=O) groups excluding carboxylic acids is 1. The first-order valence-electron chi connectivity index (χ1n) is 11.1. The Morgan fingerprint density at radius 2 is 1.76 bits per heavy atom. The summed E-state index contributed by atoms with van der Waals surface area (Å²) >= 11 is 0. The van der Waals surface area contributed by atoms with Crippen LogP contribution in [-0.2, 0) is 0 Å². The van der Waals surface area contributed by atoms with Crippen molar-refractivity contribution in [1.82, 2.24) is 15.0 Å². The average Bonchev–Trinajstić information content (AvgIpc) is 2.81. The molecule has 1 saturated carbocycles. The summed E-state index contributed by atoms with van der Waals surface area (Å²) in [5.74, 6) is -1.68. The molecule has 2 aromatic heterocycles. The second-order valence-electron chi connectivity index (χ2n) is 8.59. The summed E-state index contributed by atoms with van der Waals surface area (Å²) in [6.07, 6.45) is 5.67. The first-order valence-corrected chi connectivity index (χ1v) is 11.1. The summed E-state index contributed by atoms with van der Waals surface area (Å²) in [7, 11) is 0. The summed E-state index contributed by atoms with van der Waals surface area (Å²) < 4.78 is 43.5. The van der Waals surface area contributed by atoms with E-state index in [1.807, 2.05) is 13.8 Å². The molecule has 0 radical (unpaired) electrons. The lowest BCUT2D eigenvalue weighted by molar-refractivity contribution is 0.102. The van der Waals surface area contributed by atoms with E-state index in [4.69, 9.17) is 0 Å². The summed E-state index contributed by atoms with van der Waals surface area (Å²) in [6.45, 7) is 3.88. The lowest BCUT2D eigenvalue weighted by Crippen LogP contribution is -2.23. The van der Waals surface area contributed by atoms with Gasteiger partial charge in [0.05, 0.1) is 16.9 Å². The Morgan fingerprint density at radius 1 is 1.03 bits per heavy atom. The maximum atomic E-state index is 14.9. The minimum Gasteiger partial charge on any atom is -0.320 e. The van der Waals surface area contributed by atoms with Gasteiger partial charge in [0, 0.05) is 41.6 Å². The Hall–Kier alpha value is -3.29. The molecule has 3 aromatic rings. The molecule has 2 heterocycles. The Balaban J connectivity index is 1.79. The predicted molar refractivity (Wildman–Crippen MR) is 120 cm³/mol. The van der Waals surface area contributed by atoms with E-state index in [-0.39, 0.29) is 28.3 Å². The minimum absolute atomic E-state index is 0.0356. The number of amides is 1. The molecule has 0 spiro atoms. The van der Waals surface area contributed by atoms with E-state index in [0.717, 1.165) is 31.0 Å². The van der Waals surface area contributed by atoms with Crippen molar-refractivity contribution in [3.63, 3.8) is 0 Å². The number of nitrogens with zero attached hydrogens (tertiary/aromatic N) is 3. The van der Waals surface area contributed by atoms with Crippen molar-refractivity contribution in [3.05, 3.63) is 71.6 Å². The zero-order valence-electron chi connectivity index (χ0n) is 18.5. The fraction of sp³-hybridized carbons (Fsp3) is 0.360.